The minimum atomic E-state index is -0.354. The fraction of sp³-hybridized carbons (Fsp3) is 1.00. The van der Waals surface area contributed by atoms with Gasteiger partial charge in [0, 0.05) is 6.61 Å². The molecule has 5 fully saturated rings. The molecule has 0 amide bonds. The average molecular weight is 361 g/mol. The maximum absolute atomic E-state index is 10.8. The predicted molar refractivity (Wildman–Crippen MR) is 105 cm³/mol. The molecule has 0 bridgehead atoms. The minimum Gasteiger partial charge on any atom is -0.396 e. The standard InChI is InChI=1S/C24H40O2/c1-4-23(26)10-8-18-16(12-23)5-6-20-19(18)7-9-22(3)21(20)11-17-13-24(17,22)15(2)14-25/h15-21,25-26H,4-14H2,1-3H3/t15-,16?,17?,18+,19-,20-,21+,22+,23+,24?/m1/s1. The maximum Gasteiger partial charge on any atom is 0.0648 e. The van der Waals surface area contributed by atoms with Crippen molar-refractivity contribution in [3.05, 3.63) is 0 Å². The quantitative estimate of drug-likeness (QED) is 0.741. The van der Waals surface area contributed by atoms with Crippen LogP contribution < -0.4 is 0 Å². The molecule has 10 atom stereocenters. The zero-order valence-corrected chi connectivity index (χ0v) is 17.2. The number of hydrogen-bond donors (Lipinski definition) is 2. The van der Waals surface area contributed by atoms with Gasteiger partial charge in [0.05, 0.1) is 5.60 Å². The van der Waals surface area contributed by atoms with Crippen molar-refractivity contribution in [1.29, 1.82) is 0 Å². The van der Waals surface area contributed by atoms with Gasteiger partial charge in [0.25, 0.3) is 0 Å². The third kappa shape index (κ3) is 2.12. The highest BCUT2D eigenvalue weighted by atomic mass is 16.3. The topological polar surface area (TPSA) is 40.5 Å². The van der Waals surface area contributed by atoms with E-state index >= 15 is 0 Å². The van der Waals surface area contributed by atoms with Gasteiger partial charge in [-0.15, -0.1) is 0 Å². The van der Waals surface area contributed by atoms with Crippen molar-refractivity contribution in [1.82, 2.24) is 0 Å². The molecule has 3 unspecified atom stereocenters. The highest BCUT2D eigenvalue weighted by Crippen LogP contribution is 2.82. The van der Waals surface area contributed by atoms with Gasteiger partial charge in [-0.05, 0) is 116 Å². The molecular weight excluding hydrogens is 320 g/mol. The van der Waals surface area contributed by atoms with Crippen LogP contribution >= 0.6 is 0 Å². The highest BCUT2D eigenvalue weighted by molar-refractivity contribution is 5.23. The van der Waals surface area contributed by atoms with E-state index in [1.54, 1.807) is 0 Å². The van der Waals surface area contributed by atoms with Gasteiger partial charge in [0.1, 0.15) is 0 Å². The van der Waals surface area contributed by atoms with Gasteiger partial charge in [-0.1, -0.05) is 20.8 Å². The number of aliphatic hydroxyl groups excluding tert-OH is 1. The summed E-state index contributed by atoms with van der Waals surface area (Å²) in [6, 6.07) is 0. The fourth-order valence-electron chi connectivity index (χ4n) is 9.59. The van der Waals surface area contributed by atoms with Crippen LogP contribution in [0, 0.1) is 52.3 Å². The Hall–Kier alpha value is -0.0800. The van der Waals surface area contributed by atoms with Crippen molar-refractivity contribution in [3.8, 4) is 0 Å². The summed E-state index contributed by atoms with van der Waals surface area (Å²) in [7, 11) is 0. The highest BCUT2D eigenvalue weighted by Gasteiger charge is 2.75. The van der Waals surface area contributed by atoms with Crippen molar-refractivity contribution in [2.24, 2.45) is 52.3 Å². The van der Waals surface area contributed by atoms with E-state index in [1.807, 2.05) is 0 Å². The molecule has 0 aliphatic heterocycles. The van der Waals surface area contributed by atoms with Crippen molar-refractivity contribution in [3.63, 3.8) is 0 Å². The molecule has 0 radical (unpaired) electrons. The molecule has 0 aromatic carbocycles. The first kappa shape index (κ1) is 18.0. The van der Waals surface area contributed by atoms with Crippen LogP contribution in [0.3, 0.4) is 0 Å². The van der Waals surface area contributed by atoms with Gasteiger partial charge in [0.15, 0.2) is 0 Å². The molecule has 5 aliphatic carbocycles. The van der Waals surface area contributed by atoms with E-state index in [0.29, 0.717) is 23.4 Å². The van der Waals surface area contributed by atoms with E-state index in [2.05, 4.69) is 20.8 Å². The fourth-order valence-corrected chi connectivity index (χ4v) is 9.59. The summed E-state index contributed by atoms with van der Waals surface area (Å²) in [5.41, 5.74) is 0.614. The van der Waals surface area contributed by atoms with Crippen LogP contribution in [0.15, 0.2) is 0 Å². The van der Waals surface area contributed by atoms with Crippen LogP contribution in [0.4, 0.5) is 0 Å². The molecule has 0 aromatic heterocycles. The Morgan fingerprint density at radius 3 is 2.50 bits per heavy atom. The van der Waals surface area contributed by atoms with E-state index < -0.39 is 0 Å². The van der Waals surface area contributed by atoms with Crippen LogP contribution in [0.1, 0.15) is 85.0 Å². The molecule has 2 heteroatoms. The Morgan fingerprint density at radius 2 is 1.77 bits per heavy atom. The number of aliphatic hydroxyl groups is 2. The third-order valence-electron chi connectivity index (χ3n) is 11.1. The molecule has 5 aliphatic rings. The lowest BCUT2D eigenvalue weighted by atomic mass is 9.47. The Bertz CT molecular complexity index is 575. The molecule has 2 nitrogen and oxygen atoms in total. The summed E-state index contributed by atoms with van der Waals surface area (Å²) in [6.07, 6.45) is 12.8. The van der Waals surface area contributed by atoms with Crippen molar-refractivity contribution < 1.29 is 10.2 Å². The Morgan fingerprint density at radius 1 is 1.00 bits per heavy atom. The van der Waals surface area contributed by atoms with Crippen LogP contribution in [0.2, 0.25) is 0 Å². The van der Waals surface area contributed by atoms with Gasteiger partial charge >= 0.3 is 0 Å². The first-order valence-electron chi connectivity index (χ1n) is 11.7. The van der Waals surface area contributed by atoms with Crippen LogP contribution in [-0.4, -0.2) is 22.4 Å². The normalized spacial score (nSPS) is 59.0. The maximum atomic E-state index is 10.8. The van der Waals surface area contributed by atoms with E-state index in [4.69, 9.17) is 0 Å². The first-order valence-corrected chi connectivity index (χ1v) is 11.7. The van der Waals surface area contributed by atoms with Gasteiger partial charge in [-0.2, -0.15) is 0 Å². The van der Waals surface area contributed by atoms with Crippen LogP contribution in [-0.2, 0) is 0 Å². The molecule has 0 aromatic rings. The Balaban J connectivity index is 1.38. The van der Waals surface area contributed by atoms with E-state index in [0.717, 1.165) is 54.8 Å². The monoisotopic (exact) mass is 360 g/mol. The summed E-state index contributed by atoms with van der Waals surface area (Å²) < 4.78 is 0. The van der Waals surface area contributed by atoms with E-state index in [1.165, 1.54) is 44.9 Å². The molecule has 0 saturated heterocycles. The average Bonchev–Trinajstić information content (AvgIpc) is 3.33. The lowest BCUT2D eigenvalue weighted by molar-refractivity contribution is -0.118. The molecule has 2 N–H and O–H groups in total. The second-order valence-corrected chi connectivity index (χ2v) is 11.5. The van der Waals surface area contributed by atoms with E-state index in [-0.39, 0.29) is 5.60 Å². The molecule has 26 heavy (non-hydrogen) atoms. The SMILES string of the molecule is CC[C@]1(O)CC[C@H]2C(CC[C@@H]3[C@@H]2CC[C@@]2(C)[C@H]3CC3CC32[C@H](C)CO)C1. The molecule has 0 heterocycles. The van der Waals surface area contributed by atoms with Crippen molar-refractivity contribution in [2.45, 2.75) is 90.6 Å². The number of rotatable bonds is 3. The van der Waals surface area contributed by atoms with Gasteiger partial charge in [-0.3, -0.25) is 0 Å². The Labute approximate surface area is 160 Å². The van der Waals surface area contributed by atoms with Crippen molar-refractivity contribution in [2.75, 3.05) is 6.61 Å². The summed E-state index contributed by atoms with van der Waals surface area (Å²) in [6.45, 7) is 7.50. The molecule has 0 spiro atoms. The second kappa shape index (κ2) is 5.72. The first-order chi connectivity index (χ1) is 12.4. The number of hydrogen-bond acceptors (Lipinski definition) is 2. The van der Waals surface area contributed by atoms with Crippen molar-refractivity contribution >= 4 is 0 Å². The van der Waals surface area contributed by atoms with Gasteiger partial charge < -0.3 is 10.2 Å². The lowest BCUT2D eigenvalue weighted by Gasteiger charge is -2.58. The lowest BCUT2D eigenvalue weighted by Crippen LogP contribution is -2.52. The summed E-state index contributed by atoms with van der Waals surface area (Å²) in [5.74, 6) is 5.89. The van der Waals surface area contributed by atoms with Crippen LogP contribution in [0.25, 0.3) is 0 Å². The largest absolute Gasteiger partial charge is 0.396 e. The Kier molecular flexibility index (Phi) is 3.96. The zero-order valence-electron chi connectivity index (χ0n) is 17.2. The van der Waals surface area contributed by atoms with E-state index in [9.17, 15) is 10.2 Å². The molecule has 148 valence electrons. The van der Waals surface area contributed by atoms with Gasteiger partial charge in [0.2, 0.25) is 0 Å². The number of fused-ring (bicyclic) bond motifs is 7. The summed E-state index contributed by atoms with van der Waals surface area (Å²) in [4.78, 5) is 0. The summed E-state index contributed by atoms with van der Waals surface area (Å²) in [5, 5.41) is 20.8. The minimum absolute atomic E-state index is 0.354. The summed E-state index contributed by atoms with van der Waals surface area (Å²) >= 11 is 0. The smallest absolute Gasteiger partial charge is 0.0648 e. The van der Waals surface area contributed by atoms with Gasteiger partial charge in [-0.25, -0.2) is 0 Å². The third-order valence-corrected chi connectivity index (χ3v) is 11.1. The molecule has 5 rings (SSSR count). The second-order valence-electron chi connectivity index (χ2n) is 11.5. The zero-order chi connectivity index (χ0) is 18.3. The predicted octanol–water partition coefficient (Wildman–Crippen LogP) is 5.02. The van der Waals surface area contributed by atoms with Crippen LogP contribution in [0.5, 0.6) is 0 Å². The molecule has 5 saturated carbocycles. The molecular formula is C24H40O2.